The van der Waals surface area contributed by atoms with Crippen LogP contribution < -0.4 is 15.5 Å². The van der Waals surface area contributed by atoms with E-state index in [9.17, 15) is 14.0 Å². The van der Waals surface area contributed by atoms with E-state index in [-0.39, 0.29) is 17.5 Å². The fourth-order valence-electron chi connectivity index (χ4n) is 2.51. The van der Waals surface area contributed by atoms with Crippen LogP contribution in [0, 0.1) is 5.82 Å². The quantitative estimate of drug-likeness (QED) is 0.879. The van der Waals surface area contributed by atoms with E-state index in [2.05, 4.69) is 10.6 Å². The highest BCUT2D eigenvalue weighted by Crippen LogP contribution is 2.25. The monoisotopic (exact) mass is 341 g/mol. The molecule has 0 unspecified atom stereocenters. The van der Waals surface area contributed by atoms with Gasteiger partial charge in [-0.25, -0.2) is 4.39 Å². The van der Waals surface area contributed by atoms with Gasteiger partial charge in [-0.15, -0.1) is 0 Å². The highest BCUT2D eigenvalue weighted by molar-refractivity contribution is 6.06. The van der Waals surface area contributed by atoms with Crippen LogP contribution in [0.15, 0.2) is 42.5 Å². The van der Waals surface area contributed by atoms with E-state index in [1.165, 1.54) is 24.3 Å². The Labute approximate surface area is 145 Å². The van der Waals surface area contributed by atoms with Crippen molar-refractivity contribution in [3.05, 3.63) is 59.4 Å². The van der Waals surface area contributed by atoms with Crippen LogP contribution >= 0.6 is 0 Å². The van der Waals surface area contributed by atoms with Crippen molar-refractivity contribution in [2.45, 2.75) is 18.9 Å². The van der Waals surface area contributed by atoms with Gasteiger partial charge in [-0.3, -0.25) is 9.59 Å². The molecule has 2 aromatic carbocycles. The first kappa shape index (κ1) is 17.0. The van der Waals surface area contributed by atoms with Gasteiger partial charge in [-0.05, 0) is 49.2 Å². The zero-order valence-corrected chi connectivity index (χ0v) is 14.2. The zero-order valence-electron chi connectivity index (χ0n) is 14.2. The maximum absolute atomic E-state index is 13.3. The molecule has 2 N–H and O–H groups in total. The number of rotatable bonds is 5. The number of anilines is 2. The maximum Gasteiger partial charge on any atom is 0.255 e. The van der Waals surface area contributed by atoms with Gasteiger partial charge in [0.25, 0.3) is 11.8 Å². The van der Waals surface area contributed by atoms with Crippen LogP contribution in [0.25, 0.3) is 0 Å². The van der Waals surface area contributed by atoms with E-state index in [1.807, 2.05) is 19.0 Å². The molecule has 2 aromatic rings. The lowest BCUT2D eigenvalue weighted by atomic mass is 10.1. The Morgan fingerprint density at radius 3 is 2.48 bits per heavy atom. The Kier molecular flexibility index (Phi) is 4.70. The van der Waals surface area contributed by atoms with Crippen LogP contribution in [0.1, 0.15) is 33.6 Å². The normalized spacial score (nSPS) is 13.2. The number of hydrogen-bond donors (Lipinski definition) is 2. The summed E-state index contributed by atoms with van der Waals surface area (Å²) < 4.78 is 13.3. The minimum Gasteiger partial charge on any atom is -0.377 e. The average Bonchev–Trinajstić information content (AvgIpc) is 3.38. The summed E-state index contributed by atoms with van der Waals surface area (Å²) in [5, 5.41) is 5.67. The van der Waals surface area contributed by atoms with Crippen LogP contribution in [0.2, 0.25) is 0 Å². The van der Waals surface area contributed by atoms with Crippen LogP contribution in [0.4, 0.5) is 15.8 Å². The van der Waals surface area contributed by atoms with E-state index in [0.717, 1.165) is 18.5 Å². The number of halogens is 1. The molecule has 130 valence electrons. The Morgan fingerprint density at radius 2 is 1.84 bits per heavy atom. The summed E-state index contributed by atoms with van der Waals surface area (Å²) in [6.07, 6.45) is 2.00. The lowest BCUT2D eigenvalue weighted by molar-refractivity contribution is 0.0950. The van der Waals surface area contributed by atoms with Crippen molar-refractivity contribution in [1.82, 2.24) is 5.32 Å². The Balaban J connectivity index is 1.83. The smallest absolute Gasteiger partial charge is 0.255 e. The third-order valence-electron chi connectivity index (χ3n) is 3.98. The van der Waals surface area contributed by atoms with Crippen molar-refractivity contribution in [2.75, 3.05) is 24.3 Å². The Morgan fingerprint density at radius 1 is 1.08 bits per heavy atom. The summed E-state index contributed by atoms with van der Waals surface area (Å²) in [5.74, 6) is -1.06. The second kappa shape index (κ2) is 6.93. The van der Waals surface area contributed by atoms with Crippen molar-refractivity contribution >= 4 is 23.2 Å². The lowest BCUT2D eigenvalue weighted by Crippen LogP contribution is -2.27. The highest BCUT2D eigenvalue weighted by Gasteiger charge is 2.25. The summed E-state index contributed by atoms with van der Waals surface area (Å²) in [4.78, 5) is 26.6. The first-order valence-electron chi connectivity index (χ1n) is 8.13. The van der Waals surface area contributed by atoms with Crippen molar-refractivity contribution in [3.8, 4) is 0 Å². The average molecular weight is 341 g/mol. The molecule has 0 spiro atoms. The standard InChI is InChI=1S/C19H20FN3O2/c1-23(2)17-9-8-15(11-16(17)19(25)21-14-6-7-14)22-18(24)12-4-3-5-13(20)10-12/h3-5,8-11,14H,6-7H2,1-2H3,(H,21,25)(H,22,24). The molecule has 0 aromatic heterocycles. The molecule has 0 atom stereocenters. The fourth-order valence-corrected chi connectivity index (χ4v) is 2.51. The van der Waals surface area contributed by atoms with Gasteiger partial charge in [0.05, 0.1) is 5.56 Å². The van der Waals surface area contributed by atoms with Gasteiger partial charge >= 0.3 is 0 Å². The number of benzene rings is 2. The molecule has 1 aliphatic carbocycles. The highest BCUT2D eigenvalue weighted by atomic mass is 19.1. The molecule has 25 heavy (non-hydrogen) atoms. The number of carbonyl (C=O) groups excluding carboxylic acids is 2. The minimum atomic E-state index is -0.472. The number of hydrogen-bond acceptors (Lipinski definition) is 3. The molecule has 1 fully saturated rings. The van der Waals surface area contributed by atoms with E-state index >= 15 is 0 Å². The summed E-state index contributed by atoms with van der Waals surface area (Å²) in [5.41, 5.74) is 1.97. The molecule has 0 radical (unpaired) electrons. The number of nitrogens with one attached hydrogen (secondary N) is 2. The third-order valence-corrected chi connectivity index (χ3v) is 3.98. The molecular formula is C19H20FN3O2. The predicted molar refractivity (Wildman–Crippen MR) is 95.6 cm³/mol. The molecule has 0 aliphatic heterocycles. The molecule has 1 aliphatic rings. The van der Waals surface area contributed by atoms with E-state index in [0.29, 0.717) is 11.3 Å². The molecule has 3 rings (SSSR count). The summed E-state index contributed by atoms with van der Waals surface area (Å²) in [7, 11) is 3.71. The number of nitrogens with zero attached hydrogens (tertiary/aromatic N) is 1. The van der Waals surface area contributed by atoms with Crippen LogP contribution in [-0.4, -0.2) is 32.0 Å². The van der Waals surface area contributed by atoms with Gasteiger partial charge < -0.3 is 15.5 Å². The van der Waals surface area contributed by atoms with Gasteiger partial charge in [0.15, 0.2) is 0 Å². The molecule has 0 saturated heterocycles. The zero-order chi connectivity index (χ0) is 18.0. The first-order chi connectivity index (χ1) is 11.9. The summed E-state index contributed by atoms with van der Waals surface area (Å²) >= 11 is 0. The van der Waals surface area contributed by atoms with Gasteiger partial charge in [0.2, 0.25) is 0 Å². The Bertz CT molecular complexity index is 816. The molecule has 1 saturated carbocycles. The minimum absolute atomic E-state index is 0.159. The molecule has 5 nitrogen and oxygen atoms in total. The summed E-state index contributed by atoms with van der Waals surface area (Å²) in [6.45, 7) is 0. The van der Waals surface area contributed by atoms with Crippen LogP contribution in [-0.2, 0) is 0 Å². The van der Waals surface area contributed by atoms with Gasteiger partial charge in [-0.2, -0.15) is 0 Å². The predicted octanol–water partition coefficient (Wildman–Crippen LogP) is 3.04. The number of carbonyl (C=O) groups is 2. The van der Waals surface area contributed by atoms with Crippen molar-refractivity contribution < 1.29 is 14.0 Å². The SMILES string of the molecule is CN(C)c1ccc(NC(=O)c2cccc(F)c2)cc1C(=O)NC1CC1. The van der Waals surface area contributed by atoms with Crippen molar-refractivity contribution in [3.63, 3.8) is 0 Å². The van der Waals surface area contributed by atoms with Crippen molar-refractivity contribution in [1.29, 1.82) is 0 Å². The van der Waals surface area contributed by atoms with E-state index < -0.39 is 11.7 Å². The van der Waals surface area contributed by atoms with E-state index in [1.54, 1.807) is 18.2 Å². The molecule has 0 heterocycles. The summed E-state index contributed by atoms with van der Waals surface area (Å²) in [6, 6.07) is 10.9. The third kappa shape index (κ3) is 4.15. The van der Waals surface area contributed by atoms with Gasteiger partial charge in [-0.1, -0.05) is 6.07 Å². The van der Waals surface area contributed by atoms with Crippen LogP contribution in [0.3, 0.4) is 0 Å². The Hall–Kier alpha value is -2.89. The largest absolute Gasteiger partial charge is 0.377 e. The van der Waals surface area contributed by atoms with Crippen LogP contribution in [0.5, 0.6) is 0 Å². The first-order valence-corrected chi connectivity index (χ1v) is 8.13. The second-order valence-corrected chi connectivity index (χ2v) is 6.34. The fraction of sp³-hybridized carbons (Fsp3) is 0.263. The van der Waals surface area contributed by atoms with Crippen molar-refractivity contribution in [2.24, 2.45) is 0 Å². The second-order valence-electron chi connectivity index (χ2n) is 6.34. The number of amides is 2. The molecular weight excluding hydrogens is 321 g/mol. The maximum atomic E-state index is 13.3. The molecule has 2 amide bonds. The van der Waals surface area contributed by atoms with Gasteiger partial charge in [0, 0.05) is 37.1 Å². The topological polar surface area (TPSA) is 61.4 Å². The molecule has 0 bridgehead atoms. The lowest BCUT2D eigenvalue weighted by Gasteiger charge is -2.18. The molecule has 6 heteroatoms. The van der Waals surface area contributed by atoms with Gasteiger partial charge in [0.1, 0.15) is 5.82 Å². The van der Waals surface area contributed by atoms with E-state index in [4.69, 9.17) is 0 Å².